The third kappa shape index (κ3) is 11.3. The first kappa shape index (κ1) is 31.1. The molecule has 0 atom stereocenters. The maximum Gasteiger partial charge on any atom is 0.228 e. The van der Waals surface area contributed by atoms with Crippen LogP contribution < -0.4 is 10.1 Å². The van der Waals surface area contributed by atoms with Gasteiger partial charge < -0.3 is 15.0 Å². The number of carbonyl (C=O) groups is 1. The fourth-order valence-electron chi connectivity index (χ4n) is 4.92. The van der Waals surface area contributed by atoms with Gasteiger partial charge in [0, 0.05) is 23.5 Å². The molecule has 0 saturated heterocycles. The normalized spacial score (nSPS) is 13.0. The second kappa shape index (κ2) is 18.0. The minimum Gasteiger partial charge on any atom is -0.490 e. The highest BCUT2D eigenvalue weighted by atomic mass is 32.2. The number of nitrogens with zero attached hydrogens (tertiary/aromatic N) is 1. The van der Waals surface area contributed by atoms with Crippen molar-refractivity contribution in [2.75, 3.05) is 17.8 Å². The summed E-state index contributed by atoms with van der Waals surface area (Å²) in [6.45, 7) is 5.56. The predicted octanol–water partition coefficient (Wildman–Crippen LogP) is 9.45. The van der Waals surface area contributed by atoms with Gasteiger partial charge in [-0.1, -0.05) is 108 Å². The van der Waals surface area contributed by atoms with Gasteiger partial charge in [-0.25, -0.2) is 4.39 Å². The highest BCUT2D eigenvalue weighted by Crippen LogP contribution is 2.28. The van der Waals surface area contributed by atoms with E-state index in [0.29, 0.717) is 12.2 Å². The van der Waals surface area contributed by atoms with E-state index in [-0.39, 0.29) is 18.1 Å². The highest BCUT2D eigenvalue weighted by molar-refractivity contribution is 8.02. The summed E-state index contributed by atoms with van der Waals surface area (Å²) >= 11 is 1.78. The molecule has 214 valence electrons. The molecular weight excluding hydrogens is 507 g/mol. The van der Waals surface area contributed by atoms with E-state index in [4.69, 9.17) is 4.74 Å². The van der Waals surface area contributed by atoms with Gasteiger partial charge in [-0.2, -0.15) is 0 Å². The van der Waals surface area contributed by atoms with Crippen LogP contribution in [0.4, 0.5) is 10.1 Å². The van der Waals surface area contributed by atoms with Gasteiger partial charge in [0.2, 0.25) is 5.91 Å². The standard InChI is InChI=1S/C33H47FN2O2S/c1-3-4-5-6-7-8-9-10-11-12-13-16-22-38-33-28(19-17-20-30(33)34)23-32(37)35-31-21-15-14-18-29(31)24-36-26-39-25-27(36)2/h14-15,17-21,25H,3-13,16,22-24,26H2,1-2H3,(H,35,37). The average Bonchev–Trinajstić information content (AvgIpc) is 3.33. The predicted molar refractivity (Wildman–Crippen MR) is 164 cm³/mol. The quantitative estimate of drug-likeness (QED) is 0.176. The van der Waals surface area contributed by atoms with Gasteiger partial charge >= 0.3 is 0 Å². The molecule has 1 aliphatic rings. The number of anilines is 1. The van der Waals surface area contributed by atoms with Crippen molar-refractivity contribution in [3.8, 4) is 5.75 Å². The molecule has 1 amide bonds. The fraction of sp³-hybridized carbons (Fsp3) is 0.545. The molecule has 39 heavy (non-hydrogen) atoms. The van der Waals surface area contributed by atoms with E-state index >= 15 is 0 Å². The van der Waals surface area contributed by atoms with Gasteiger partial charge in [-0.05, 0) is 36.4 Å². The Kier molecular flexibility index (Phi) is 14.3. The topological polar surface area (TPSA) is 41.6 Å². The SMILES string of the molecule is CCCCCCCCCCCCCCOc1c(F)cccc1CC(=O)Nc1ccccc1CN1CSC=C1C. The van der Waals surface area contributed by atoms with Crippen molar-refractivity contribution in [2.45, 2.75) is 104 Å². The van der Waals surface area contributed by atoms with Crippen LogP contribution in [0.2, 0.25) is 0 Å². The minimum atomic E-state index is -0.409. The summed E-state index contributed by atoms with van der Waals surface area (Å²) in [5.41, 5.74) is 3.67. The van der Waals surface area contributed by atoms with E-state index in [1.807, 2.05) is 24.3 Å². The number of allylic oxidation sites excluding steroid dienone is 1. The van der Waals surface area contributed by atoms with Crippen molar-refractivity contribution in [1.29, 1.82) is 0 Å². The number of thioether (sulfide) groups is 1. The van der Waals surface area contributed by atoms with Gasteiger partial charge in [0.1, 0.15) is 0 Å². The molecule has 0 aromatic heterocycles. The monoisotopic (exact) mass is 554 g/mol. The molecule has 0 fully saturated rings. The number of unbranched alkanes of at least 4 members (excludes halogenated alkanes) is 11. The third-order valence-electron chi connectivity index (χ3n) is 7.28. The lowest BCUT2D eigenvalue weighted by molar-refractivity contribution is -0.115. The molecule has 1 heterocycles. The van der Waals surface area contributed by atoms with Crippen LogP contribution in [0.5, 0.6) is 5.75 Å². The summed E-state index contributed by atoms with van der Waals surface area (Å²) in [7, 11) is 0. The van der Waals surface area contributed by atoms with Crippen LogP contribution in [0.15, 0.2) is 53.6 Å². The Labute approximate surface area is 239 Å². The number of halogens is 1. The maximum absolute atomic E-state index is 14.6. The second-order valence-corrected chi connectivity index (χ2v) is 11.4. The summed E-state index contributed by atoms with van der Waals surface area (Å²) in [6.07, 6.45) is 15.3. The number of rotatable bonds is 19. The summed E-state index contributed by atoms with van der Waals surface area (Å²) in [4.78, 5) is 15.3. The van der Waals surface area contributed by atoms with Gasteiger partial charge in [-0.15, -0.1) is 11.8 Å². The molecule has 2 aromatic rings. The maximum atomic E-state index is 14.6. The van der Waals surface area contributed by atoms with Gasteiger partial charge in [0.25, 0.3) is 0 Å². The van der Waals surface area contributed by atoms with Gasteiger partial charge in [-0.3, -0.25) is 4.79 Å². The zero-order valence-corrected chi connectivity index (χ0v) is 24.8. The van der Waals surface area contributed by atoms with E-state index in [1.54, 1.807) is 23.9 Å². The van der Waals surface area contributed by atoms with Crippen LogP contribution in [0.25, 0.3) is 0 Å². The summed E-state index contributed by atoms with van der Waals surface area (Å²) in [5.74, 6) is 0.538. The van der Waals surface area contributed by atoms with E-state index in [1.165, 1.54) is 76.0 Å². The molecule has 2 aromatic carbocycles. The molecule has 0 unspecified atom stereocenters. The van der Waals surface area contributed by atoms with Crippen molar-refractivity contribution in [2.24, 2.45) is 0 Å². The number of hydrogen-bond donors (Lipinski definition) is 1. The smallest absolute Gasteiger partial charge is 0.228 e. The molecule has 4 nitrogen and oxygen atoms in total. The average molecular weight is 555 g/mol. The first-order valence-corrected chi connectivity index (χ1v) is 15.9. The zero-order valence-electron chi connectivity index (χ0n) is 24.0. The molecule has 3 rings (SSSR count). The largest absolute Gasteiger partial charge is 0.490 e. The van der Waals surface area contributed by atoms with Crippen molar-refractivity contribution < 1.29 is 13.9 Å². The molecule has 0 bridgehead atoms. The minimum absolute atomic E-state index is 0.0678. The van der Waals surface area contributed by atoms with Crippen LogP contribution in [0.1, 0.15) is 102 Å². The van der Waals surface area contributed by atoms with Crippen molar-refractivity contribution in [1.82, 2.24) is 4.90 Å². The van der Waals surface area contributed by atoms with Crippen LogP contribution in [0, 0.1) is 5.82 Å². The van der Waals surface area contributed by atoms with Crippen molar-refractivity contribution in [3.63, 3.8) is 0 Å². The van der Waals surface area contributed by atoms with Crippen LogP contribution in [-0.2, 0) is 17.8 Å². The Morgan fingerprint density at radius 1 is 0.897 bits per heavy atom. The molecular formula is C33H47FN2O2S. The molecule has 1 N–H and O–H groups in total. The Balaban J connectivity index is 1.39. The van der Waals surface area contributed by atoms with Crippen LogP contribution in [-0.4, -0.2) is 23.3 Å². The Bertz CT molecular complexity index is 1040. The Morgan fingerprint density at radius 2 is 1.54 bits per heavy atom. The number of hydrogen-bond acceptors (Lipinski definition) is 4. The Hall–Kier alpha value is -2.47. The lowest BCUT2D eigenvalue weighted by atomic mass is 10.1. The van der Waals surface area contributed by atoms with Gasteiger partial charge in [0.05, 0.1) is 18.9 Å². The Morgan fingerprint density at radius 3 is 2.21 bits per heavy atom. The fourth-order valence-corrected chi connectivity index (χ4v) is 5.86. The lowest BCUT2D eigenvalue weighted by Crippen LogP contribution is -2.20. The number of nitrogens with one attached hydrogen (secondary N) is 1. The third-order valence-corrected chi connectivity index (χ3v) is 8.25. The van der Waals surface area contributed by atoms with Crippen LogP contribution >= 0.6 is 11.8 Å². The van der Waals surface area contributed by atoms with E-state index in [9.17, 15) is 9.18 Å². The number of amides is 1. The number of ether oxygens (including phenoxy) is 1. The number of carbonyl (C=O) groups excluding carboxylic acids is 1. The molecule has 1 aliphatic heterocycles. The first-order valence-electron chi connectivity index (χ1n) is 14.9. The molecule has 0 radical (unpaired) electrons. The summed E-state index contributed by atoms with van der Waals surface area (Å²) in [6, 6.07) is 12.7. The van der Waals surface area contributed by atoms with E-state index < -0.39 is 5.82 Å². The van der Waals surface area contributed by atoms with Crippen LogP contribution in [0.3, 0.4) is 0 Å². The molecule has 0 aliphatic carbocycles. The van der Waals surface area contributed by atoms with E-state index in [2.05, 4.69) is 29.5 Å². The zero-order chi connectivity index (χ0) is 27.7. The van der Waals surface area contributed by atoms with Gasteiger partial charge in [0.15, 0.2) is 11.6 Å². The number of benzene rings is 2. The van der Waals surface area contributed by atoms with E-state index in [0.717, 1.165) is 36.5 Å². The number of para-hydroxylation sites is 2. The van der Waals surface area contributed by atoms with Crippen molar-refractivity contribution >= 4 is 23.4 Å². The second-order valence-electron chi connectivity index (χ2n) is 10.6. The lowest BCUT2D eigenvalue weighted by Gasteiger charge is -2.21. The van der Waals surface area contributed by atoms with Crippen molar-refractivity contribution in [3.05, 3.63) is 70.5 Å². The molecule has 0 saturated carbocycles. The molecule has 0 spiro atoms. The first-order chi connectivity index (χ1) is 19.1. The highest BCUT2D eigenvalue weighted by Gasteiger charge is 2.17. The summed E-state index contributed by atoms with van der Waals surface area (Å²) in [5, 5.41) is 5.20. The summed E-state index contributed by atoms with van der Waals surface area (Å²) < 4.78 is 20.5. The molecule has 6 heteroatoms.